The Labute approximate surface area is 292 Å². The van der Waals surface area contributed by atoms with Crippen molar-refractivity contribution in [2.24, 2.45) is 0 Å². The molecule has 248 valence electrons. The Hall–Kier alpha value is -3.50. The van der Waals surface area contributed by atoms with Crippen LogP contribution in [0.1, 0.15) is 37.0 Å². The second-order valence-electron chi connectivity index (χ2n) is 11.3. The quantitative estimate of drug-likeness (QED) is 0.135. The predicted molar refractivity (Wildman–Crippen MR) is 193 cm³/mol. The van der Waals surface area contributed by atoms with Crippen molar-refractivity contribution in [1.29, 1.82) is 0 Å². The van der Waals surface area contributed by atoms with Crippen molar-refractivity contribution < 1.29 is 18.0 Å². The third-order valence-electron chi connectivity index (χ3n) is 7.88. The van der Waals surface area contributed by atoms with Gasteiger partial charge < -0.3 is 10.2 Å². The Bertz CT molecular complexity index is 1770. The number of carbonyl (C=O) groups is 2. The van der Waals surface area contributed by atoms with E-state index in [0.29, 0.717) is 27.7 Å². The first-order valence-corrected chi connectivity index (χ1v) is 18.7. The molecule has 0 aliphatic rings. The molecule has 0 spiro atoms. The van der Waals surface area contributed by atoms with Crippen molar-refractivity contribution in [2.75, 3.05) is 17.1 Å². The Morgan fingerprint density at radius 2 is 1.57 bits per heavy atom. The Balaban J connectivity index is 1.82. The first-order chi connectivity index (χ1) is 22.4. The largest absolute Gasteiger partial charge is 0.352 e. The lowest BCUT2D eigenvalue weighted by Gasteiger charge is -2.34. The standard InChI is InChI=1S/C36H39Cl2N3O4S2/c1-5-26(3)39-36(43)34(21-27-9-7-6-8-10-27)40(23-28-13-14-29(37)22-33(28)38)35(42)24-41(30-15-11-25(2)12-16-30)47(44,45)32-19-17-31(46-4)18-20-32/h6-20,22,26,34H,5,21,23-24H2,1-4H3,(H,39,43)/t26-,34+/m1/s1. The summed E-state index contributed by atoms with van der Waals surface area (Å²) in [7, 11) is -4.20. The van der Waals surface area contributed by atoms with Crippen molar-refractivity contribution in [3.8, 4) is 0 Å². The third kappa shape index (κ3) is 9.54. The number of hydrogen-bond donors (Lipinski definition) is 1. The van der Waals surface area contributed by atoms with Crippen LogP contribution in [0.15, 0.2) is 107 Å². The Morgan fingerprint density at radius 1 is 0.915 bits per heavy atom. The van der Waals surface area contributed by atoms with Gasteiger partial charge in [0.05, 0.1) is 10.6 Å². The number of nitrogens with zero attached hydrogens (tertiary/aromatic N) is 2. The molecule has 0 bridgehead atoms. The molecule has 0 saturated carbocycles. The van der Waals surface area contributed by atoms with Crippen molar-refractivity contribution >= 4 is 62.5 Å². The second-order valence-corrected chi connectivity index (χ2v) is 14.9. The highest BCUT2D eigenvalue weighted by atomic mass is 35.5. The van der Waals surface area contributed by atoms with Crippen molar-refractivity contribution in [1.82, 2.24) is 10.2 Å². The van der Waals surface area contributed by atoms with Crippen LogP contribution in [0.2, 0.25) is 10.0 Å². The lowest BCUT2D eigenvalue weighted by Crippen LogP contribution is -2.54. The van der Waals surface area contributed by atoms with Gasteiger partial charge in [-0.2, -0.15) is 0 Å². The first kappa shape index (κ1) is 36.3. The average Bonchev–Trinajstić information content (AvgIpc) is 3.06. The molecule has 0 aromatic heterocycles. The summed E-state index contributed by atoms with van der Waals surface area (Å²) in [6.45, 7) is 5.15. The lowest BCUT2D eigenvalue weighted by atomic mass is 10.0. The maximum atomic E-state index is 14.6. The van der Waals surface area contributed by atoms with Crippen LogP contribution in [-0.2, 0) is 32.6 Å². The summed E-state index contributed by atoms with van der Waals surface area (Å²) >= 11 is 14.3. The molecule has 0 unspecified atom stereocenters. The van der Waals surface area contributed by atoms with Crippen LogP contribution in [-0.4, -0.2) is 50.0 Å². The molecule has 7 nitrogen and oxygen atoms in total. The van der Waals surface area contributed by atoms with E-state index in [9.17, 15) is 18.0 Å². The fraction of sp³-hybridized carbons (Fsp3) is 0.278. The zero-order valence-corrected chi connectivity index (χ0v) is 30.0. The SMILES string of the molecule is CC[C@@H](C)NC(=O)[C@H](Cc1ccccc1)N(Cc1ccc(Cl)cc1Cl)C(=O)CN(c1ccc(C)cc1)S(=O)(=O)c1ccc(SC)cc1. The number of halogens is 2. The van der Waals surface area contributed by atoms with E-state index < -0.39 is 28.5 Å². The van der Waals surface area contributed by atoms with E-state index in [1.165, 1.54) is 28.8 Å². The molecule has 4 aromatic carbocycles. The molecule has 1 N–H and O–H groups in total. The van der Waals surface area contributed by atoms with Crippen molar-refractivity contribution in [3.05, 3.63) is 124 Å². The van der Waals surface area contributed by atoms with Gasteiger partial charge in [-0.3, -0.25) is 13.9 Å². The van der Waals surface area contributed by atoms with Gasteiger partial charge in [0.2, 0.25) is 11.8 Å². The van der Waals surface area contributed by atoms with E-state index in [1.54, 1.807) is 54.6 Å². The molecular weight excluding hydrogens is 673 g/mol. The summed E-state index contributed by atoms with van der Waals surface area (Å²) in [6, 6.07) is 26.7. The van der Waals surface area contributed by atoms with Crippen molar-refractivity contribution in [3.63, 3.8) is 0 Å². The van der Waals surface area contributed by atoms with E-state index in [1.807, 2.05) is 57.4 Å². The number of sulfonamides is 1. The fourth-order valence-corrected chi connectivity index (χ4v) is 7.23. The van der Waals surface area contributed by atoms with E-state index in [4.69, 9.17) is 23.2 Å². The van der Waals surface area contributed by atoms with Gasteiger partial charge >= 0.3 is 0 Å². The van der Waals surface area contributed by atoms with E-state index in [-0.39, 0.29) is 29.8 Å². The molecule has 0 aliphatic heterocycles. The van der Waals surface area contributed by atoms with Crippen molar-refractivity contribution in [2.45, 2.75) is 62.0 Å². The van der Waals surface area contributed by atoms with Crippen LogP contribution < -0.4 is 9.62 Å². The zero-order valence-electron chi connectivity index (χ0n) is 26.8. The van der Waals surface area contributed by atoms with Gasteiger partial charge in [0, 0.05) is 33.9 Å². The zero-order chi connectivity index (χ0) is 34.1. The second kappa shape index (κ2) is 16.6. The summed E-state index contributed by atoms with van der Waals surface area (Å²) < 4.78 is 29.6. The van der Waals surface area contributed by atoms with E-state index in [2.05, 4.69) is 5.32 Å². The van der Waals surface area contributed by atoms with Gasteiger partial charge in [-0.1, -0.05) is 84.2 Å². The molecule has 2 atom stereocenters. The average molecular weight is 713 g/mol. The minimum atomic E-state index is -4.20. The highest BCUT2D eigenvalue weighted by molar-refractivity contribution is 7.98. The fourth-order valence-electron chi connectivity index (χ4n) is 4.94. The summed E-state index contributed by atoms with van der Waals surface area (Å²) in [5, 5.41) is 3.79. The molecule has 0 aliphatic carbocycles. The summed E-state index contributed by atoms with van der Waals surface area (Å²) in [4.78, 5) is 31.0. The summed E-state index contributed by atoms with van der Waals surface area (Å²) in [5.41, 5.74) is 2.67. The Kier molecular flexibility index (Phi) is 12.8. The van der Waals surface area contributed by atoms with E-state index in [0.717, 1.165) is 20.3 Å². The molecule has 4 rings (SSSR count). The van der Waals surface area contributed by atoms with Gasteiger partial charge in [0.15, 0.2) is 0 Å². The van der Waals surface area contributed by atoms with Gasteiger partial charge in [-0.15, -0.1) is 11.8 Å². The molecule has 47 heavy (non-hydrogen) atoms. The molecule has 4 aromatic rings. The number of nitrogens with one attached hydrogen (secondary N) is 1. The molecule has 0 saturated heterocycles. The third-order valence-corrected chi connectivity index (χ3v) is 11.0. The molecular formula is C36H39Cl2N3O4S2. The highest BCUT2D eigenvalue weighted by Crippen LogP contribution is 2.28. The highest BCUT2D eigenvalue weighted by Gasteiger charge is 2.35. The number of amides is 2. The van der Waals surface area contributed by atoms with Crippen LogP contribution in [0.25, 0.3) is 0 Å². The normalized spacial score (nSPS) is 12.6. The summed E-state index contributed by atoms with van der Waals surface area (Å²) in [5.74, 6) is -0.917. The predicted octanol–water partition coefficient (Wildman–Crippen LogP) is 7.77. The van der Waals surface area contributed by atoms with Crippen LogP contribution in [0, 0.1) is 6.92 Å². The number of rotatable bonds is 14. The van der Waals surface area contributed by atoms with E-state index >= 15 is 0 Å². The number of hydrogen-bond acceptors (Lipinski definition) is 5. The molecule has 0 heterocycles. The lowest BCUT2D eigenvalue weighted by molar-refractivity contribution is -0.140. The van der Waals surface area contributed by atoms with Crippen LogP contribution in [0.3, 0.4) is 0 Å². The summed E-state index contributed by atoms with van der Waals surface area (Å²) in [6.07, 6.45) is 2.80. The first-order valence-electron chi connectivity index (χ1n) is 15.2. The number of benzene rings is 4. The Morgan fingerprint density at radius 3 is 2.17 bits per heavy atom. The number of thioether (sulfide) groups is 1. The molecule has 0 radical (unpaired) electrons. The minimum absolute atomic E-state index is 0.0475. The maximum Gasteiger partial charge on any atom is 0.264 e. The minimum Gasteiger partial charge on any atom is -0.352 e. The topological polar surface area (TPSA) is 86.8 Å². The van der Waals surface area contributed by atoms with Crippen LogP contribution in [0.5, 0.6) is 0 Å². The molecule has 2 amide bonds. The van der Waals surface area contributed by atoms with Gasteiger partial charge in [0.1, 0.15) is 12.6 Å². The number of carbonyl (C=O) groups excluding carboxylic acids is 2. The molecule has 11 heteroatoms. The van der Waals surface area contributed by atoms with Crippen LogP contribution >= 0.6 is 35.0 Å². The monoisotopic (exact) mass is 711 g/mol. The van der Waals surface area contributed by atoms with Crippen LogP contribution in [0.4, 0.5) is 5.69 Å². The molecule has 0 fully saturated rings. The number of aryl methyl sites for hydroxylation is 1. The van der Waals surface area contributed by atoms with Gasteiger partial charge in [-0.25, -0.2) is 8.42 Å². The number of anilines is 1. The smallest absolute Gasteiger partial charge is 0.264 e. The van der Waals surface area contributed by atoms with Gasteiger partial charge in [0.25, 0.3) is 10.0 Å². The maximum absolute atomic E-state index is 14.6. The van der Waals surface area contributed by atoms with Gasteiger partial charge in [-0.05, 0) is 86.2 Å².